The van der Waals surface area contributed by atoms with Gasteiger partial charge in [0.1, 0.15) is 0 Å². The third kappa shape index (κ3) is 4.60. The number of aliphatic imine (C=N–C) groups is 4. The monoisotopic (exact) mass is 436 g/mol. The SMILES string of the molecule is Cc1ccc(N=C=O)c(C(c2ccccc2)c2c(N=C=O)ccc(C)c2N=C=O)c1N=C=O. The summed E-state index contributed by atoms with van der Waals surface area (Å²) in [6.07, 6.45) is 6.14. The van der Waals surface area contributed by atoms with Crippen molar-refractivity contribution in [3.05, 3.63) is 82.4 Å². The number of benzene rings is 3. The van der Waals surface area contributed by atoms with E-state index < -0.39 is 5.92 Å². The van der Waals surface area contributed by atoms with Gasteiger partial charge in [0.05, 0.1) is 22.7 Å². The number of isocyanates is 4. The Kier molecular flexibility index (Phi) is 7.25. The summed E-state index contributed by atoms with van der Waals surface area (Å²) in [5.74, 6) is -0.788. The zero-order valence-electron chi connectivity index (χ0n) is 17.7. The molecule has 0 N–H and O–H groups in total. The molecule has 0 fully saturated rings. The van der Waals surface area contributed by atoms with Crippen molar-refractivity contribution in [3.8, 4) is 0 Å². The molecule has 0 saturated heterocycles. The van der Waals surface area contributed by atoms with E-state index in [1.807, 2.05) is 6.07 Å². The summed E-state index contributed by atoms with van der Waals surface area (Å²) in [5.41, 5.74) is 3.51. The Hall–Kier alpha value is -4.82. The van der Waals surface area contributed by atoms with E-state index in [0.29, 0.717) is 27.8 Å². The number of rotatable bonds is 7. The Morgan fingerprint density at radius 3 is 1.39 bits per heavy atom. The lowest BCUT2D eigenvalue weighted by Crippen LogP contribution is -2.07. The molecule has 0 radical (unpaired) electrons. The molecule has 0 amide bonds. The summed E-state index contributed by atoms with van der Waals surface area (Å²) >= 11 is 0. The Morgan fingerprint density at radius 1 is 0.576 bits per heavy atom. The first-order valence-corrected chi connectivity index (χ1v) is 9.70. The summed E-state index contributed by atoms with van der Waals surface area (Å²) in [4.78, 5) is 60.5. The third-order valence-electron chi connectivity index (χ3n) is 5.15. The normalized spacial score (nSPS) is 10.6. The standard InChI is InChI=1S/C25H16N4O4/c1-16-8-10-19(26-12-30)22(24(16)28-14-32)21(18-6-4-3-5-7-18)23-20(27-13-31)11-9-17(2)25(23)29-15-33/h3-11,21H,1-2H3. The molecule has 0 unspecified atom stereocenters. The fraction of sp³-hybridized carbons (Fsp3) is 0.120. The van der Waals surface area contributed by atoms with Gasteiger partial charge in [-0.15, -0.1) is 0 Å². The van der Waals surface area contributed by atoms with Gasteiger partial charge in [-0.3, -0.25) is 0 Å². The van der Waals surface area contributed by atoms with Crippen LogP contribution in [0.1, 0.15) is 33.7 Å². The van der Waals surface area contributed by atoms with Gasteiger partial charge in [-0.05, 0) is 42.7 Å². The Labute approximate surface area is 188 Å². The highest BCUT2D eigenvalue weighted by molar-refractivity contribution is 5.79. The van der Waals surface area contributed by atoms with Crippen LogP contribution in [0.5, 0.6) is 0 Å². The molecule has 0 bridgehead atoms. The van der Waals surface area contributed by atoms with E-state index in [1.54, 1.807) is 74.5 Å². The van der Waals surface area contributed by atoms with Crippen molar-refractivity contribution in [2.45, 2.75) is 19.8 Å². The number of aryl methyl sites for hydroxylation is 2. The van der Waals surface area contributed by atoms with Crippen LogP contribution in [0.15, 0.2) is 74.6 Å². The molecule has 0 saturated carbocycles. The Balaban J connectivity index is 2.63. The minimum atomic E-state index is -0.788. The van der Waals surface area contributed by atoms with Crippen molar-refractivity contribution in [1.82, 2.24) is 0 Å². The summed E-state index contributed by atoms with van der Waals surface area (Å²) in [6.45, 7) is 3.47. The van der Waals surface area contributed by atoms with Crippen LogP contribution in [0.4, 0.5) is 22.7 Å². The van der Waals surface area contributed by atoms with Crippen molar-refractivity contribution < 1.29 is 19.2 Å². The summed E-state index contributed by atoms with van der Waals surface area (Å²) in [5, 5.41) is 0. The molecular weight excluding hydrogens is 420 g/mol. The average molecular weight is 436 g/mol. The third-order valence-corrected chi connectivity index (χ3v) is 5.15. The second-order valence-corrected chi connectivity index (χ2v) is 6.98. The average Bonchev–Trinajstić information content (AvgIpc) is 2.82. The van der Waals surface area contributed by atoms with Crippen LogP contribution in [-0.2, 0) is 19.2 Å². The summed E-state index contributed by atoms with van der Waals surface area (Å²) in [6, 6.07) is 15.5. The molecule has 160 valence electrons. The fourth-order valence-corrected chi connectivity index (χ4v) is 3.79. The van der Waals surface area contributed by atoms with Crippen LogP contribution in [0.3, 0.4) is 0 Å². The van der Waals surface area contributed by atoms with Gasteiger partial charge < -0.3 is 0 Å². The van der Waals surface area contributed by atoms with Gasteiger partial charge in [0, 0.05) is 17.0 Å². The second kappa shape index (κ2) is 10.5. The van der Waals surface area contributed by atoms with Crippen LogP contribution in [-0.4, -0.2) is 24.3 Å². The van der Waals surface area contributed by atoms with Gasteiger partial charge >= 0.3 is 0 Å². The van der Waals surface area contributed by atoms with E-state index in [-0.39, 0.29) is 22.7 Å². The maximum absolute atomic E-state index is 11.3. The second-order valence-electron chi connectivity index (χ2n) is 6.98. The number of hydrogen-bond donors (Lipinski definition) is 0. The number of carbonyl (C=O) groups excluding carboxylic acids is 4. The first-order chi connectivity index (χ1) is 16.1. The van der Waals surface area contributed by atoms with Gasteiger partial charge in [-0.2, -0.15) is 20.0 Å². The van der Waals surface area contributed by atoms with Crippen molar-refractivity contribution in [1.29, 1.82) is 0 Å². The fourth-order valence-electron chi connectivity index (χ4n) is 3.79. The van der Waals surface area contributed by atoms with Crippen LogP contribution >= 0.6 is 0 Å². The maximum atomic E-state index is 11.3. The van der Waals surface area contributed by atoms with Gasteiger partial charge in [0.2, 0.25) is 24.3 Å². The van der Waals surface area contributed by atoms with E-state index in [9.17, 15) is 19.2 Å². The smallest absolute Gasteiger partial charge is 0.211 e. The number of hydrogen-bond acceptors (Lipinski definition) is 8. The first-order valence-electron chi connectivity index (χ1n) is 9.70. The molecule has 0 atom stereocenters. The molecule has 33 heavy (non-hydrogen) atoms. The van der Waals surface area contributed by atoms with Gasteiger partial charge in [0.15, 0.2) is 0 Å². The molecule has 8 heteroatoms. The molecule has 0 spiro atoms. The van der Waals surface area contributed by atoms with Gasteiger partial charge in [-0.25, -0.2) is 19.2 Å². The van der Waals surface area contributed by atoms with Gasteiger partial charge in [-0.1, -0.05) is 42.5 Å². The van der Waals surface area contributed by atoms with Crippen LogP contribution < -0.4 is 0 Å². The van der Waals surface area contributed by atoms with E-state index in [0.717, 1.165) is 0 Å². The minimum Gasteiger partial charge on any atom is -0.211 e. The van der Waals surface area contributed by atoms with Crippen LogP contribution in [0, 0.1) is 13.8 Å². The molecule has 0 aliphatic heterocycles. The van der Waals surface area contributed by atoms with E-state index in [1.165, 1.54) is 12.2 Å². The highest BCUT2D eigenvalue weighted by atomic mass is 16.1. The molecule has 3 aromatic carbocycles. The molecule has 0 aromatic heterocycles. The quantitative estimate of drug-likeness (QED) is 0.282. The van der Waals surface area contributed by atoms with Crippen molar-refractivity contribution in [2.75, 3.05) is 0 Å². The zero-order chi connectivity index (χ0) is 23.8. The summed E-state index contributed by atoms with van der Waals surface area (Å²) < 4.78 is 0. The number of nitrogens with zero attached hydrogens (tertiary/aromatic N) is 4. The molecule has 3 aromatic rings. The first kappa shape index (κ1) is 22.9. The Bertz CT molecular complexity index is 1320. The minimum absolute atomic E-state index is 0.196. The van der Waals surface area contributed by atoms with Crippen LogP contribution in [0.25, 0.3) is 0 Å². The van der Waals surface area contributed by atoms with E-state index in [4.69, 9.17) is 0 Å². The lowest BCUT2D eigenvalue weighted by molar-refractivity contribution is 0.564. The molecule has 0 heterocycles. The highest BCUT2D eigenvalue weighted by Crippen LogP contribution is 2.50. The van der Waals surface area contributed by atoms with Crippen molar-refractivity contribution in [3.63, 3.8) is 0 Å². The molecule has 8 nitrogen and oxygen atoms in total. The lowest BCUT2D eigenvalue weighted by atomic mass is 9.80. The van der Waals surface area contributed by atoms with Crippen LogP contribution in [0.2, 0.25) is 0 Å². The lowest BCUT2D eigenvalue weighted by Gasteiger charge is -2.25. The molecule has 3 rings (SSSR count). The molecule has 0 aliphatic carbocycles. The Morgan fingerprint density at radius 2 is 1.00 bits per heavy atom. The topological polar surface area (TPSA) is 118 Å². The van der Waals surface area contributed by atoms with E-state index in [2.05, 4.69) is 20.0 Å². The van der Waals surface area contributed by atoms with Crippen molar-refractivity contribution >= 4 is 47.1 Å². The summed E-state index contributed by atoms with van der Waals surface area (Å²) in [7, 11) is 0. The zero-order valence-corrected chi connectivity index (χ0v) is 17.7. The van der Waals surface area contributed by atoms with Gasteiger partial charge in [0.25, 0.3) is 0 Å². The molecule has 0 aliphatic rings. The molecular formula is C25H16N4O4. The highest BCUT2D eigenvalue weighted by Gasteiger charge is 2.30. The maximum Gasteiger partial charge on any atom is 0.240 e. The van der Waals surface area contributed by atoms with E-state index >= 15 is 0 Å². The predicted octanol–water partition coefficient (Wildman–Crippen LogP) is 5.35. The largest absolute Gasteiger partial charge is 0.240 e. The van der Waals surface area contributed by atoms with Crippen molar-refractivity contribution in [2.24, 2.45) is 20.0 Å². The predicted molar refractivity (Wildman–Crippen MR) is 121 cm³/mol.